The van der Waals surface area contributed by atoms with Gasteiger partial charge in [-0.2, -0.15) is 0 Å². The van der Waals surface area contributed by atoms with E-state index in [1.165, 1.54) is 6.07 Å². The van der Waals surface area contributed by atoms with Gasteiger partial charge in [0, 0.05) is 45.0 Å². The minimum Gasteiger partial charge on any atom is -0.378 e. The van der Waals surface area contributed by atoms with E-state index in [0.29, 0.717) is 56.7 Å². The molecule has 0 aliphatic carbocycles. The van der Waals surface area contributed by atoms with Crippen molar-refractivity contribution in [3.8, 4) is 0 Å². The molecule has 4 rings (SSSR count). The quantitative estimate of drug-likeness (QED) is 0.802. The van der Waals surface area contributed by atoms with Crippen molar-refractivity contribution < 1.29 is 13.9 Å². The van der Waals surface area contributed by atoms with Gasteiger partial charge in [0.05, 0.1) is 18.9 Å². The third-order valence-corrected chi connectivity index (χ3v) is 5.12. The van der Waals surface area contributed by atoms with Gasteiger partial charge in [-0.25, -0.2) is 14.4 Å². The first-order valence-electron chi connectivity index (χ1n) is 9.59. The lowest BCUT2D eigenvalue weighted by molar-refractivity contribution is 0.0740. The van der Waals surface area contributed by atoms with Crippen LogP contribution in [0.4, 0.5) is 16.0 Å². The molecule has 0 saturated carbocycles. The van der Waals surface area contributed by atoms with Gasteiger partial charge in [-0.15, -0.1) is 0 Å². The van der Waals surface area contributed by atoms with Crippen molar-refractivity contribution in [3.63, 3.8) is 0 Å². The van der Waals surface area contributed by atoms with Crippen LogP contribution in [0.15, 0.2) is 30.3 Å². The number of rotatable bonds is 3. The van der Waals surface area contributed by atoms with E-state index >= 15 is 0 Å². The maximum absolute atomic E-state index is 14.0. The first-order valence-corrected chi connectivity index (χ1v) is 9.59. The molecule has 0 atom stereocenters. The summed E-state index contributed by atoms with van der Waals surface area (Å²) in [5.74, 6) is 0.244. The lowest BCUT2D eigenvalue weighted by atomic mass is 10.2. The van der Waals surface area contributed by atoms with Crippen LogP contribution in [0.2, 0.25) is 0 Å². The molecule has 3 heterocycles. The number of morpholine rings is 1. The van der Waals surface area contributed by atoms with E-state index in [2.05, 4.69) is 9.97 Å². The number of benzene rings is 1. The summed E-state index contributed by atoms with van der Waals surface area (Å²) in [5.41, 5.74) is 1.76. The zero-order chi connectivity index (χ0) is 19.5. The van der Waals surface area contributed by atoms with Crippen LogP contribution in [-0.4, -0.2) is 73.3 Å². The molecular formula is C20H24FN5O2. The fraction of sp³-hybridized carbons (Fsp3) is 0.450. The van der Waals surface area contributed by atoms with Crippen LogP contribution >= 0.6 is 0 Å². The van der Waals surface area contributed by atoms with Crippen LogP contribution in [0, 0.1) is 12.7 Å². The molecule has 0 N–H and O–H groups in total. The van der Waals surface area contributed by atoms with E-state index in [9.17, 15) is 9.18 Å². The van der Waals surface area contributed by atoms with Crippen molar-refractivity contribution in [2.75, 3.05) is 62.3 Å². The minimum absolute atomic E-state index is 0.104. The number of hydrogen-bond acceptors (Lipinski definition) is 6. The minimum atomic E-state index is -0.233. The number of aromatic nitrogens is 2. The Morgan fingerprint density at radius 2 is 1.71 bits per heavy atom. The first kappa shape index (κ1) is 18.6. The summed E-state index contributed by atoms with van der Waals surface area (Å²) >= 11 is 0. The molecule has 2 aromatic rings. The second kappa shape index (κ2) is 8.10. The number of halogens is 1. The average molecular weight is 385 g/mol. The van der Waals surface area contributed by atoms with Gasteiger partial charge in [-0.3, -0.25) is 4.79 Å². The molecule has 1 aromatic heterocycles. The van der Waals surface area contributed by atoms with E-state index in [0.717, 1.165) is 18.8 Å². The zero-order valence-electron chi connectivity index (χ0n) is 16.0. The van der Waals surface area contributed by atoms with Gasteiger partial charge in [0.2, 0.25) is 5.95 Å². The fourth-order valence-corrected chi connectivity index (χ4v) is 3.59. The van der Waals surface area contributed by atoms with E-state index in [-0.39, 0.29) is 11.7 Å². The third-order valence-electron chi connectivity index (χ3n) is 5.12. The molecule has 2 fully saturated rings. The Labute approximate surface area is 163 Å². The molecular weight excluding hydrogens is 361 g/mol. The molecule has 2 aliphatic heterocycles. The molecule has 1 amide bonds. The van der Waals surface area contributed by atoms with Crippen molar-refractivity contribution >= 4 is 17.5 Å². The summed E-state index contributed by atoms with van der Waals surface area (Å²) in [4.78, 5) is 27.8. The fourth-order valence-electron chi connectivity index (χ4n) is 3.59. The van der Waals surface area contributed by atoms with Crippen LogP contribution in [0.5, 0.6) is 0 Å². The number of nitrogens with zero attached hydrogens (tertiary/aromatic N) is 5. The number of carbonyl (C=O) groups excluding carboxylic acids is 1. The maximum atomic E-state index is 14.0. The summed E-state index contributed by atoms with van der Waals surface area (Å²) in [6.07, 6.45) is 0. The number of carbonyl (C=O) groups is 1. The number of aryl methyl sites for hydroxylation is 1. The molecule has 2 saturated heterocycles. The lowest BCUT2D eigenvalue weighted by Gasteiger charge is -2.36. The highest BCUT2D eigenvalue weighted by molar-refractivity contribution is 5.93. The molecule has 8 heteroatoms. The van der Waals surface area contributed by atoms with E-state index in [1.54, 1.807) is 23.1 Å². The van der Waals surface area contributed by atoms with Crippen molar-refractivity contribution in [1.29, 1.82) is 0 Å². The van der Waals surface area contributed by atoms with Crippen LogP contribution in [0.25, 0.3) is 0 Å². The Kier molecular flexibility index (Phi) is 5.38. The number of para-hydroxylation sites is 1. The topological polar surface area (TPSA) is 61.8 Å². The van der Waals surface area contributed by atoms with E-state index in [4.69, 9.17) is 4.74 Å². The predicted molar refractivity (Wildman–Crippen MR) is 104 cm³/mol. The van der Waals surface area contributed by atoms with Crippen LogP contribution in [0.3, 0.4) is 0 Å². The van der Waals surface area contributed by atoms with Crippen molar-refractivity contribution in [2.45, 2.75) is 6.92 Å². The smallest absolute Gasteiger partial charge is 0.272 e. The van der Waals surface area contributed by atoms with Gasteiger partial charge in [0.1, 0.15) is 11.5 Å². The Morgan fingerprint density at radius 1 is 1.00 bits per heavy atom. The second-order valence-electron chi connectivity index (χ2n) is 7.02. The molecule has 28 heavy (non-hydrogen) atoms. The molecule has 7 nitrogen and oxygen atoms in total. The van der Waals surface area contributed by atoms with Gasteiger partial charge in [0.15, 0.2) is 0 Å². The van der Waals surface area contributed by atoms with Crippen LogP contribution in [0.1, 0.15) is 16.2 Å². The van der Waals surface area contributed by atoms with Crippen LogP contribution in [-0.2, 0) is 4.74 Å². The molecule has 0 unspecified atom stereocenters. The summed E-state index contributed by atoms with van der Waals surface area (Å²) in [6.45, 7) is 6.83. The predicted octanol–water partition coefficient (Wildman–Crippen LogP) is 1.72. The van der Waals surface area contributed by atoms with Gasteiger partial charge in [-0.1, -0.05) is 12.1 Å². The Hall–Kier alpha value is -2.74. The highest BCUT2D eigenvalue weighted by atomic mass is 19.1. The molecule has 1 aromatic carbocycles. The van der Waals surface area contributed by atoms with Gasteiger partial charge >= 0.3 is 0 Å². The molecule has 0 radical (unpaired) electrons. The molecule has 0 bridgehead atoms. The maximum Gasteiger partial charge on any atom is 0.272 e. The monoisotopic (exact) mass is 385 g/mol. The Bertz CT molecular complexity index is 848. The highest BCUT2D eigenvalue weighted by Gasteiger charge is 2.25. The summed E-state index contributed by atoms with van der Waals surface area (Å²) < 4.78 is 19.4. The van der Waals surface area contributed by atoms with Crippen LogP contribution < -0.4 is 9.80 Å². The number of amides is 1. The number of ether oxygens (including phenoxy) is 1. The van der Waals surface area contributed by atoms with Crippen molar-refractivity contribution in [1.82, 2.24) is 14.9 Å². The molecule has 0 spiro atoms. The van der Waals surface area contributed by atoms with Crippen molar-refractivity contribution in [3.05, 3.63) is 47.5 Å². The van der Waals surface area contributed by atoms with E-state index < -0.39 is 0 Å². The normalized spacial score (nSPS) is 17.7. The van der Waals surface area contributed by atoms with Gasteiger partial charge < -0.3 is 19.4 Å². The largest absolute Gasteiger partial charge is 0.378 e. The van der Waals surface area contributed by atoms with E-state index in [1.807, 2.05) is 22.8 Å². The number of piperazine rings is 1. The Morgan fingerprint density at radius 3 is 2.43 bits per heavy atom. The summed E-state index contributed by atoms with van der Waals surface area (Å²) in [5, 5.41) is 0. The number of hydrogen-bond donors (Lipinski definition) is 0. The second-order valence-corrected chi connectivity index (χ2v) is 7.02. The van der Waals surface area contributed by atoms with Gasteiger partial charge in [-0.05, 0) is 25.1 Å². The number of anilines is 2. The third kappa shape index (κ3) is 3.91. The van der Waals surface area contributed by atoms with Crippen molar-refractivity contribution in [2.24, 2.45) is 0 Å². The summed E-state index contributed by atoms with van der Waals surface area (Å²) in [6, 6.07) is 8.48. The standard InChI is InChI=1S/C20H24FN5O2/c1-15-14-17(23-20(22-15)26-10-12-28-13-11-26)19(27)25-8-6-24(7-9-25)18-5-3-2-4-16(18)21/h2-5,14H,6-13H2,1H3. The SMILES string of the molecule is Cc1cc(C(=O)N2CCN(c3ccccc3F)CC2)nc(N2CCOCC2)n1. The Balaban J connectivity index is 1.45. The highest BCUT2D eigenvalue weighted by Crippen LogP contribution is 2.21. The molecule has 2 aliphatic rings. The first-order chi connectivity index (χ1) is 13.6. The summed E-state index contributed by atoms with van der Waals surface area (Å²) in [7, 11) is 0. The zero-order valence-corrected chi connectivity index (χ0v) is 16.0. The molecule has 148 valence electrons. The average Bonchev–Trinajstić information content (AvgIpc) is 2.74. The lowest BCUT2D eigenvalue weighted by Crippen LogP contribution is -2.49. The van der Waals surface area contributed by atoms with Gasteiger partial charge in [0.25, 0.3) is 5.91 Å².